The first kappa shape index (κ1) is 29.5. The van der Waals surface area contributed by atoms with Gasteiger partial charge in [0.05, 0.1) is 12.2 Å². The van der Waals surface area contributed by atoms with E-state index in [1.807, 2.05) is 36.3 Å². The molecule has 8 rings (SSSR count). The van der Waals surface area contributed by atoms with E-state index in [0.29, 0.717) is 48.8 Å². The van der Waals surface area contributed by atoms with Crippen LogP contribution >= 0.6 is 0 Å². The maximum absolute atomic E-state index is 12.2. The van der Waals surface area contributed by atoms with Crippen molar-refractivity contribution in [3.63, 3.8) is 0 Å². The van der Waals surface area contributed by atoms with E-state index in [-0.39, 0.29) is 71.9 Å². The minimum Gasteiger partial charge on any atom is -0.392 e. The van der Waals surface area contributed by atoms with E-state index in [2.05, 4.69) is 45.1 Å². The molecular weight excluding hydrogens is 564 g/mol. The van der Waals surface area contributed by atoms with Gasteiger partial charge in [0.1, 0.15) is 24.2 Å². The van der Waals surface area contributed by atoms with Gasteiger partial charge in [-0.05, 0) is 59.5 Å². The summed E-state index contributed by atoms with van der Waals surface area (Å²) in [7, 11) is 3.83. The fraction of sp³-hybridized carbons (Fsp3) is 0.733. The van der Waals surface area contributed by atoms with Crippen molar-refractivity contribution in [2.75, 3.05) is 27.2 Å². The quantitative estimate of drug-likeness (QED) is 0.160. The fourth-order valence-electron chi connectivity index (χ4n) is 8.91. The Morgan fingerprint density at radius 3 is 1.50 bits per heavy atom. The molecule has 14 atom stereocenters. The number of carbonyl (C=O) groups excluding carboxylic acids is 2. The lowest BCUT2D eigenvalue weighted by atomic mass is 9.95. The maximum Gasteiger partial charge on any atom is 0.238 e. The van der Waals surface area contributed by atoms with Gasteiger partial charge in [0.25, 0.3) is 0 Å². The average molecular weight is 611 g/mol. The van der Waals surface area contributed by atoms with Gasteiger partial charge in [-0.25, -0.2) is 9.98 Å². The average Bonchev–Trinajstić information content (AvgIpc) is 3.84. The molecule has 0 bridgehead atoms. The molecule has 0 aromatic heterocycles. The number of aliphatic hydroxyl groups excluding tert-OH is 2. The van der Waals surface area contributed by atoms with E-state index < -0.39 is 0 Å². The van der Waals surface area contributed by atoms with E-state index in [1.54, 1.807) is 0 Å². The van der Waals surface area contributed by atoms with E-state index in [0.717, 1.165) is 24.0 Å². The number of nitrogens with one attached hydrogen (secondary N) is 4. The van der Waals surface area contributed by atoms with Crippen LogP contribution < -0.4 is 32.7 Å². The number of hydrogen-bond acceptors (Lipinski definition) is 12. The zero-order chi connectivity index (χ0) is 31.2. The van der Waals surface area contributed by atoms with E-state index in [9.17, 15) is 19.8 Å². The molecule has 10 N–H and O–H groups in total. The topological polar surface area (TPSA) is 206 Å². The molecule has 2 amide bonds. The van der Waals surface area contributed by atoms with Crippen molar-refractivity contribution in [3.05, 3.63) is 23.5 Å². The molecule has 14 heteroatoms. The normalized spacial score (nSPS) is 45.9. The Morgan fingerprint density at radius 2 is 1.16 bits per heavy atom. The molecule has 0 saturated heterocycles. The summed E-state index contributed by atoms with van der Waals surface area (Å²) in [6.45, 7) is 5.51. The van der Waals surface area contributed by atoms with Gasteiger partial charge in [-0.1, -0.05) is 13.8 Å². The van der Waals surface area contributed by atoms with Crippen LogP contribution in [0.15, 0.2) is 33.5 Å². The van der Waals surface area contributed by atoms with Crippen LogP contribution in [0.1, 0.15) is 26.7 Å². The summed E-state index contributed by atoms with van der Waals surface area (Å²) in [4.78, 5) is 37.0. The Labute approximate surface area is 257 Å². The first-order chi connectivity index (χ1) is 20.9. The van der Waals surface area contributed by atoms with Gasteiger partial charge in [0.15, 0.2) is 11.9 Å². The van der Waals surface area contributed by atoms with Crippen LogP contribution in [0.5, 0.6) is 0 Å². The molecule has 4 fully saturated rings. The molecule has 14 unspecified atom stereocenters. The van der Waals surface area contributed by atoms with Crippen LogP contribution in [0.2, 0.25) is 0 Å². The van der Waals surface area contributed by atoms with Gasteiger partial charge in [-0.3, -0.25) is 20.2 Å². The molecule has 4 aliphatic heterocycles. The van der Waals surface area contributed by atoms with Crippen LogP contribution in [-0.4, -0.2) is 108 Å². The molecule has 0 aromatic carbocycles. The largest absolute Gasteiger partial charge is 0.392 e. The number of aliphatic hydroxyl groups is 2. The molecule has 4 saturated carbocycles. The Balaban J connectivity index is 0.000000142. The lowest BCUT2D eigenvalue weighted by Gasteiger charge is -2.28. The van der Waals surface area contributed by atoms with Gasteiger partial charge >= 0.3 is 0 Å². The summed E-state index contributed by atoms with van der Waals surface area (Å²) in [5.41, 5.74) is 13.4. The predicted octanol–water partition coefficient (Wildman–Crippen LogP) is -2.39. The second-order valence-electron chi connectivity index (χ2n) is 14.2. The first-order valence-electron chi connectivity index (χ1n) is 15.9. The summed E-state index contributed by atoms with van der Waals surface area (Å²) in [5.74, 6) is 2.33. The summed E-state index contributed by atoms with van der Waals surface area (Å²) >= 11 is 0. The summed E-state index contributed by atoms with van der Waals surface area (Å²) in [6.07, 6.45) is 5.40. The lowest BCUT2D eigenvalue weighted by molar-refractivity contribution is -0.124. The van der Waals surface area contributed by atoms with E-state index in [4.69, 9.17) is 11.5 Å². The summed E-state index contributed by atoms with van der Waals surface area (Å²) in [6, 6.07) is 0.677. The van der Waals surface area contributed by atoms with Gasteiger partial charge in [-0.15, -0.1) is 0 Å². The number of nitrogens with two attached hydrogens (primary N) is 2. The third-order valence-electron chi connectivity index (χ3n) is 11.5. The third kappa shape index (κ3) is 4.86. The first-order valence-corrected chi connectivity index (χ1v) is 15.9. The van der Waals surface area contributed by atoms with Gasteiger partial charge in [-0.2, -0.15) is 0 Å². The fourth-order valence-corrected chi connectivity index (χ4v) is 8.91. The van der Waals surface area contributed by atoms with Crippen LogP contribution in [0, 0.1) is 47.3 Å². The third-order valence-corrected chi connectivity index (χ3v) is 11.5. The number of carbonyl (C=O) groups is 2. The van der Waals surface area contributed by atoms with Gasteiger partial charge in [0.2, 0.25) is 11.8 Å². The highest BCUT2D eigenvalue weighted by atomic mass is 16.3. The molecule has 0 aromatic rings. The minimum atomic E-state index is -0.276. The van der Waals surface area contributed by atoms with Crippen molar-refractivity contribution >= 4 is 23.7 Å². The molecule has 4 aliphatic carbocycles. The van der Waals surface area contributed by atoms with Crippen molar-refractivity contribution in [2.24, 2.45) is 68.8 Å². The number of rotatable bonds is 6. The zero-order valence-electron chi connectivity index (χ0n) is 25.7. The molecule has 8 aliphatic rings. The Bertz CT molecular complexity index is 1250. The van der Waals surface area contributed by atoms with Crippen molar-refractivity contribution in [2.45, 2.75) is 63.3 Å². The second-order valence-corrected chi connectivity index (χ2v) is 14.2. The molecule has 14 nitrogen and oxygen atoms in total. The van der Waals surface area contributed by atoms with Crippen LogP contribution in [0.3, 0.4) is 0 Å². The zero-order valence-corrected chi connectivity index (χ0v) is 25.7. The smallest absolute Gasteiger partial charge is 0.238 e. The highest BCUT2D eigenvalue weighted by Crippen LogP contribution is 2.55. The number of amides is 2. The molecule has 0 spiro atoms. The summed E-state index contributed by atoms with van der Waals surface area (Å²) in [5, 5.41) is 32.6. The summed E-state index contributed by atoms with van der Waals surface area (Å²) < 4.78 is 0. The van der Waals surface area contributed by atoms with Crippen molar-refractivity contribution in [1.82, 2.24) is 31.1 Å². The monoisotopic (exact) mass is 610 g/mol. The molecule has 44 heavy (non-hydrogen) atoms. The van der Waals surface area contributed by atoms with Crippen molar-refractivity contribution in [1.29, 1.82) is 0 Å². The Hall–Kier alpha value is -3.20. The molecule has 240 valence electrons. The predicted molar refractivity (Wildman–Crippen MR) is 163 cm³/mol. The van der Waals surface area contributed by atoms with E-state index in [1.165, 1.54) is 0 Å². The van der Waals surface area contributed by atoms with E-state index >= 15 is 0 Å². The van der Waals surface area contributed by atoms with Crippen LogP contribution in [-0.2, 0) is 9.59 Å². The van der Waals surface area contributed by atoms with Crippen LogP contribution in [0.4, 0.5) is 0 Å². The van der Waals surface area contributed by atoms with Gasteiger partial charge < -0.3 is 42.1 Å². The Kier molecular flexibility index (Phi) is 7.18. The van der Waals surface area contributed by atoms with Crippen molar-refractivity contribution in [3.8, 4) is 0 Å². The molecular formula is C30H46N10O4. The second kappa shape index (κ2) is 10.7. The Morgan fingerprint density at radius 1 is 0.773 bits per heavy atom. The highest BCUT2D eigenvalue weighted by molar-refractivity contribution is 6.01. The molecule has 0 radical (unpaired) electrons. The minimum absolute atomic E-state index is 0.0845. The standard InChI is InChI=1S/2C15H23N5O2/c2*1-6-11(8-3-9(8)12(6)21)17-4-7-5-20(2)13-10(7)14(22)19-15(16)18-13/h2*5-6,8-13,17,21H,3-4H2,1-2H3,(H3,16,18,19,22). The maximum atomic E-state index is 12.2. The number of aliphatic imine (C=N–C) groups is 2. The van der Waals surface area contributed by atoms with Gasteiger partial charge in [0, 0.05) is 51.7 Å². The molecule has 4 heterocycles. The number of hydrogen-bond donors (Lipinski definition) is 8. The highest BCUT2D eigenvalue weighted by Gasteiger charge is 2.58. The SMILES string of the molecule is CC1C(O)C2CC2C1NCC1=CN(C)C2N=C(N)NC(=O)C12.CC1C(O)C2CC2C1NCC1=CN(C)C2N=C(N)NC(=O)C12. The van der Waals surface area contributed by atoms with Crippen molar-refractivity contribution < 1.29 is 19.8 Å². The van der Waals surface area contributed by atoms with Crippen LogP contribution in [0.25, 0.3) is 0 Å². The lowest BCUT2D eigenvalue weighted by Crippen LogP contribution is -2.51. The number of nitrogens with zero attached hydrogens (tertiary/aromatic N) is 4. The number of guanidine groups is 2. The number of fused-ring (bicyclic) bond motifs is 4.